The Morgan fingerprint density at radius 2 is 2.00 bits per heavy atom. The Hall–Kier alpha value is -0.130. The summed E-state index contributed by atoms with van der Waals surface area (Å²) in [5.41, 5.74) is 0. The van der Waals surface area contributed by atoms with Gasteiger partial charge in [0.15, 0.2) is 0 Å². The molecule has 0 aromatic carbocycles. The predicted molar refractivity (Wildman–Crippen MR) is 29.9 cm³/mol. The summed E-state index contributed by atoms with van der Waals surface area (Å²) < 4.78 is 29.1. The molecule has 0 aromatic rings. The van der Waals surface area contributed by atoms with Gasteiger partial charge in [-0.25, -0.2) is 0 Å². The van der Waals surface area contributed by atoms with Crippen molar-refractivity contribution in [1.82, 2.24) is 4.31 Å². The van der Waals surface area contributed by atoms with Crippen molar-refractivity contribution in [2.45, 2.75) is 6.92 Å². The van der Waals surface area contributed by atoms with Gasteiger partial charge in [-0.05, 0) is 0 Å². The molecule has 0 saturated heterocycles. The fraction of sp³-hybridized carbons (Fsp3) is 1.00. The van der Waals surface area contributed by atoms with Crippen LogP contribution in [0.3, 0.4) is 0 Å². The minimum Gasteiger partial charge on any atom is -0.273 e. The Kier molecular flexibility index (Phi) is 2.39. The van der Waals surface area contributed by atoms with E-state index in [9.17, 15) is 8.42 Å². The molecule has 0 aromatic heterocycles. The Labute approximate surface area is 49.0 Å². The van der Waals surface area contributed by atoms with Gasteiger partial charge in [-0.1, -0.05) is 6.92 Å². The fourth-order valence-corrected chi connectivity index (χ4v) is 0.489. The maximum Gasteiger partial charge on any atom is 0.335 e. The second-order valence-electron chi connectivity index (χ2n) is 1.39. The molecule has 0 spiro atoms. The zero-order valence-electron chi connectivity index (χ0n) is 4.83. The molecule has 0 bridgehead atoms. The summed E-state index contributed by atoms with van der Waals surface area (Å²) in [6.45, 7) is 1.92. The summed E-state index contributed by atoms with van der Waals surface area (Å²) in [4.78, 5) is 0. The molecule has 0 atom stereocenters. The van der Waals surface area contributed by atoms with E-state index in [1.54, 1.807) is 6.92 Å². The van der Waals surface area contributed by atoms with Crippen LogP contribution in [0.5, 0.6) is 0 Å². The summed E-state index contributed by atoms with van der Waals surface area (Å²) >= 11 is 0. The molecule has 1 N–H and O–H groups in total. The number of hydrogen-bond donors (Lipinski definition) is 1. The number of rotatable bonds is 2. The summed E-state index contributed by atoms with van der Waals surface area (Å²) in [5.74, 6) is 0. The zero-order chi connectivity index (χ0) is 6.78. The Bertz CT molecular complexity index is 150. The molecule has 0 amide bonds. The lowest BCUT2D eigenvalue weighted by atomic mass is 10.8. The molecule has 0 aliphatic heterocycles. The lowest BCUT2D eigenvalue weighted by Gasteiger charge is -2.06. The normalized spacial score (nSPS) is 12.5. The second kappa shape index (κ2) is 2.43. The van der Waals surface area contributed by atoms with Crippen LogP contribution in [0.4, 0.5) is 0 Å². The van der Waals surface area contributed by atoms with Gasteiger partial charge in [0, 0.05) is 13.6 Å². The van der Waals surface area contributed by atoms with Crippen LogP contribution in [-0.4, -0.2) is 30.9 Å². The molecule has 4 nitrogen and oxygen atoms in total. The summed E-state index contributed by atoms with van der Waals surface area (Å²) in [6, 6.07) is 0. The van der Waals surface area contributed by atoms with E-state index in [4.69, 9.17) is 4.55 Å². The van der Waals surface area contributed by atoms with Crippen LogP contribution >= 0.6 is 0 Å². The van der Waals surface area contributed by atoms with Gasteiger partial charge in [-0.15, -0.1) is 0 Å². The van der Waals surface area contributed by atoms with E-state index in [0.29, 0.717) is 6.54 Å². The SMILES string of the molecule is CCN(C)S(=O)(=O)O. The molecular formula is C3H9NO3S. The van der Waals surface area contributed by atoms with Crippen molar-refractivity contribution < 1.29 is 13.0 Å². The van der Waals surface area contributed by atoms with Gasteiger partial charge in [-0.2, -0.15) is 12.7 Å². The molecule has 0 heterocycles. The average molecular weight is 139 g/mol. The van der Waals surface area contributed by atoms with E-state index in [1.165, 1.54) is 7.05 Å². The van der Waals surface area contributed by atoms with Crippen LogP contribution in [0.2, 0.25) is 0 Å². The Morgan fingerprint density at radius 1 is 1.62 bits per heavy atom. The molecule has 50 valence electrons. The van der Waals surface area contributed by atoms with E-state index in [0.717, 1.165) is 4.31 Å². The van der Waals surface area contributed by atoms with Crippen LogP contribution in [-0.2, 0) is 10.3 Å². The third kappa shape index (κ3) is 2.25. The first-order valence-electron chi connectivity index (χ1n) is 2.17. The van der Waals surface area contributed by atoms with Crippen molar-refractivity contribution in [2.75, 3.05) is 13.6 Å². The van der Waals surface area contributed by atoms with Gasteiger partial charge < -0.3 is 0 Å². The lowest BCUT2D eigenvalue weighted by Crippen LogP contribution is -2.25. The van der Waals surface area contributed by atoms with Gasteiger partial charge in [0.2, 0.25) is 0 Å². The van der Waals surface area contributed by atoms with E-state index in [1.807, 2.05) is 0 Å². The monoisotopic (exact) mass is 139 g/mol. The maximum atomic E-state index is 10.0. The van der Waals surface area contributed by atoms with Crippen molar-refractivity contribution in [3.8, 4) is 0 Å². The quantitative estimate of drug-likeness (QED) is 0.536. The van der Waals surface area contributed by atoms with Crippen molar-refractivity contribution in [3.63, 3.8) is 0 Å². The van der Waals surface area contributed by atoms with E-state index >= 15 is 0 Å². The highest BCUT2D eigenvalue weighted by Gasteiger charge is 2.08. The predicted octanol–water partition coefficient (Wildman–Crippen LogP) is -0.259. The molecule has 8 heavy (non-hydrogen) atoms. The highest BCUT2D eigenvalue weighted by Crippen LogP contribution is 1.88. The van der Waals surface area contributed by atoms with Gasteiger partial charge >= 0.3 is 10.3 Å². The molecule has 5 heteroatoms. The molecule has 0 radical (unpaired) electrons. The van der Waals surface area contributed by atoms with E-state index in [-0.39, 0.29) is 0 Å². The van der Waals surface area contributed by atoms with Crippen LogP contribution in [0.15, 0.2) is 0 Å². The van der Waals surface area contributed by atoms with Crippen molar-refractivity contribution in [2.24, 2.45) is 0 Å². The van der Waals surface area contributed by atoms with Crippen molar-refractivity contribution in [3.05, 3.63) is 0 Å². The van der Waals surface area contributed by atoms with Crippen LogP contribution < -0.4 is 0 Å². The number of nitrogens with zero attached hydrogens (tertiary/aromatic N) is 1. The topological polar surface area (TPSA) is 57.6 Å². The zero-order valence-corrected chi connectivity index (χ0v) is 5.64. The summed E-state index contributed by atoms with van der Waals surface area (Å²) in [7, 11) is -2.62. The fourth-order valence-electron chi connectivity index (χ4n) is 0.163. The largest absolute Gasteiger partial charge is 0.335 e. The van der Waals surface area contributed by atoms with Crippen LogP contribution in [0, 0.1) is 0 Å². The first-order chi connectivity index (χ1) is 3.48. The van der Waals surface area contributed by atoms with E-state index < -0.39 is 10.3 Å². The summed E-state index contributed by atoms with van der Waals surface area (Å²) in [5, 5.41) is 0. The molecule has 0 unspecified atom stereocenters. The van der Waals surface area contributed by atoms with Crippen molar-refractivity contribution >= 4 is 10.3 Å². The molecular weight excluding hydrogens is 130 g/mol. The minimum atomic E-state index is -3.92. The van der Waals surface area contributed by atoms with Crippen LogP contribution in [0.25, 0.3) is 0 Å². The van der Waals surface area contributed by atoms with Crippen LogP contribution in [0.1, 0.15) is 6.92 Å². The summed E-state index contributed by atoms with van der Waals surface area (Å²) in [6.07, 6.45) is 0. The smallest absolute Gasteiger partial charge is 0.273 e. The second-order valence-corrected chi connectivity index (χ2v) is 2.91. The molecule has 0 saturated carbocycles. The maximum absolute atomic E-state index is 10.0. The molecule has 0 aliphatic rings. The minimum absolute atomic E-state index is 0.291. The van der Waals surface area contributed by atoms with E-state index in [2.05, 4.69) is 0 Å². The highest BCUT2D eigenvalue weighted by molar-refractivity contribution is 7.83. The molecule has 0 rings (SSSR count). The van der Waals surface area contributed by atoms with Gasteiger partial charge in [0.05, 0.1) is 0 Å². The third-order valence-corrected chi connectivity index (χ3v) is 1.89. The third-order valence-electron chi connectivity index (χ3n) is 0.839. The Morgan fingerprint density at radius 3 is 2.00 bits per heavy atom. The Balaban J connectivity index is 4.04. The first kappa shape index (κ1) is 7.87. The van der Waals surface area contributed by atoms with Gasteiger partial charge in [0.25, 0.3) is 0 Å². The number of hydrogen-bond acceptors (Lipinski definition) is 2. The standard InChI is InChI=1S/C3H9NO3S/c1-3-4(2)8(5,6)7/h3H2,1-2H3,(H,5,6,7). The van der Waals surface area contributed by atoms with Crippen molar-refractivity contribution in [1.29, 1.82) is 0 Å². The average Bonchev–Trinajstić information content (AvgIpc) is 1.62. The van der Waals surface area contributed by atoms with Gasteiger partial charge in [0.1, 0.15) is 0 Å². The first-order valence-corrected chi connectivity index (χ1v) is 3.57. The molecule has 0 fully saturated rings. The molecule has 0 aliphatic carbocycles. The highest BCUT2D eigenvalue weighted by atomic mass is 32.2. The van der Waals surface area contributed by atoms with Gasteiger partial charge in [-0.3, -0.25) is 4.55 Å². The lowest BCUT2D eigenvalue weighted by molar-refractivity contribution is 0.396.